The van der Waals surface area contributed by atoms with Gasteiger partial charge in [0.05, 0.1) is 11.6 Å². The van der Waals surface area contributed by atoms with Gasteiger partial charge in [0.1, 0.15) is 0 Å². The Labute approximate surface area is 88.1 Å². The molecule has 0 saturated carbocycles. The summed E-state index contributed by atoms with van der Waals surface area (Å²) in [6, 6.07) is 7.28. The van der Waals surface area contributed by atoms with Crippen LogP contribution in [-0.4, -0.2) is 5.75 Å². The number of nitriles is 1. The Morgan fingerprint density at radius 2 is 2.23 bits per heavy atom. The summed E-state index contributed by atoms with van der Waals surface area (Å²) in [5, 5.41) is 9.25. The molecular formula is C10H8ClNS. The van der Waals surface area contributed by atoms with E-state index in [0.29, 0.717) is 16.3 Å². The first-order valence-electron chi connectivity index (χ1n) is 3.74. The van der Waals surface area contributed by atoms with Crippen LogP contribution in [0.3, 0.4) is 0 Å². The lowest BCUT2D eigenvalue weighted by atomic mass is 10.1. The zero-order valence-electron chi connectivity index (χ0n) is 6.87. The SMILES string of the molecule is N#Cc1cc(Cl)cc(C=CCS)c1. The molecular weight excluding hydrogens is 202 g/mol. The van der Waals surface area contributed by atoms with E-state index in [0.717, 1.165) is 5.56 Å². The highest BCUT2D eigenvalue weighted by Crippen LogP contribution is 2.15. The van der Waals surface area contributed by atoms with Gasteiger partial charge in [-0.15, -0.1) is 0 Å². The van der Waals surface area contributed by atoms with E-state index in [4.69, 9.17) is 16.9 Å². The van der Waals surface area contributed by atoms with Gasteiger partial charge < -0.3 is 0 Å². The first-order valence-corrected chi connectivity index (χ1v) is 4.75. The van der Waals surface area contributed by atoms with Gasteiger partial charge in [-0.1, -0.05) is 23.8 Å². The highest BCUT2D eigenvalue weighted by molar-refractivity contribution is 7.80. The molecule has 0 aliphatic carbocycles. The van der Waals surface area contributed by atoms with Gasteiger partial charge in [-0.25, -0.2) is 0 Å². The summed E-state index contributed by atoms with van der Waals surface area (Å²) in [7, 11) is 0. The summed E-state index contributed by atoms with van der Waals surface area (Å²) >= 11 is 9.84. The standard InChI is InChI=1S/C10H8ClNS/c11-10-5-8(2-1-3-13)4-9(6-10)7-12/h1-2,4-6,13H,3H2. The fourth-order valence-corrected chi connectivity index (χ4v) is 1.31. The Balaban J connectivity index is 3.03. The molecule has 0 bridgehead atoms. The molecule has 13 heavy (non-hydrogen) atoms. The van der Waals surface area contributed by atoms with Crippen molar-refractivity contribution in [3.05, 3.63) is 40.4 Å². The second-order valence-electron chi connectivity index (χ2n) is 2.47. The van der Waals surface area contributed by atoms with E-state index in [1.165, 1.54) is 0 Å². The third kappa shape index (κ3) is 3.14. The molecule has 0 unspecified atom stereocenters. The Hall–Kier alpha value is -0.910. The molecule has 0 aliphatic rings. The minimum Gasteiger partial charge on any atom is -0.192 e. The van der Waals surface area contributed by atoms with Gasteiger partial charge in [0, 0.05) is 10.8 Å². The zero-order chi connectivity index (χ0) is 9.68. The third-order valence-corrected chi connectivity index (χ3v) is 1.89. The van der Waals surface area contributed by atoms with Crippen LogP contribution in [0.4, 0.5) is 0 Å². The van der Waals surface area contributed by atoms with Crippen molar-refractivity contribution in [1.82, 2.24) is 0 Å². The van der Waals surface area contributed by atoms with Gasteiger partial charge in [0.25, 0.3) is 0 Å². The maximum absolute atomic E-state index is 8.66. The van der Waals surface area contributed by atoms with Crippen LogP contribution in [0.5, 0.6) is 0 Å². The Morgan fingerprint density at radius 3 is 2.85 bits per heavy atom. The van der Waals surface area contributed by atoms with Crippen molar-refractivity contribution in [2.24, 2.45) is 0 Å². The molecule has 3 heteroatoms. The average Bonchev–Trinajstić information content (AvgIpc) is 2.14. The highest BCUT2D eigenvalue weighted by Gasteiger charge is 1.95. The van der Waals surface area contributed by atoms with Crippen molar-refractivity contribution in [3.63, 3.8) is 0 Å². The molecule has 0 radical (unpaired) electrons. The van der Waals surface area contributed by atoms with Crippen molar-refractivity contribution < 1.29 is 0 Å². The van der Waals surface area contributed by atoms with Crippen LogP contribution in [0.1, 0.15) is 11.1 Å². The molecule has 0 atom stereocenters. The number of nitrogens with zero attached hydrogens (tertiary/aromatic N) is 1. The smallest absolute Gasteiger partial charge is 0.0992 e. The molecule has 0 amide bonds. The van der Waals surface area contributed by atoms with E-state index in [1.54, 1.807) is 12.1 Å². The third-order valence-electron chi connectivity index (χ3n) is 1.46. The van der Waals surface area contributed by atoms with Crippen molar-refractivity contribution in [2.45, 2.75) is 0 Å². The van der Waals surface area contributed by atoms with Gasteiger partial charge in [-0.3, -0.25) is 0 Å². The lowest BCUT2D eigenvalue weighted by Crippen LogP contribution is -1.78. The predicted molar refractivity (Wildman–Crippen MR) is 59.1 cm³/mol. The number of rotatable bonds is 2. The van der Waals surface area contributed by atoms with E-state index < -0.39 is 0 Å². The van der Waals surface area contributed by atoms with E-state index in [9.17, 15) is 0 Å². The molecule has 1 aromatic carbocycles. The average molecular weight is 210 g/mol. The maximum atomic E-state index is 8.66. The Kier molecular flexibility index (Phi) is 3.88. The van der Waals surface area contributed by atoms with Crippen LogP contribution in [-0.2, 0) is 0 Å². The highest BCUT2D eigenvalue weighted by atomic mass is 35.5. The van der Waals surface area contributed by atoms with Crippen LogP contribution in [0.25, 0.3) is 6.08 Å². The second-order valence-corrected chi connectivity index (χ2v) is 3.27. The molecule has 0 aromatic heterocycles. The normalized spacial score (nSPS) is 10.2. The molecule has 0 aliphatic heterocycles. The number of hydrogen-bond acceptors (Lipinski definition) is 2. The molecule has 1 aromatic rings. The lowest BCUT2D eigenvalue weighted by Gasteiger charge is -1.95. The number of hydrogen-bond donors (Lipinski definition) is 1. The molecule has 0 fully saturated rings. The summed E-state index contributed by atoms with van der Waals surface area (Å²) in [4.78, 5) is 0. The lowest BCUT2D eigenvalue weighted by molar-refractivity contribution is 1.48. The molecule has 0 spiro atoms. The quantitative estimate of drug-likeness (QED) is 0.744. The van der Waals surface area contributed by atoms with Crippen molar-refractivity contribution in [1.29, 1.82) is 5.26 Å². The molecule has 1 rings (SSSR count). The zero-order valence-corrected chi connectivity index (χ0v) is 8.52. The second kappa shape index (κ2) is 4.96. The first kappa shape index (κ1) is 10.2. The molecule has 1 nitrogen and oxygen atoms in total. The number of thiol groups is 1. The summed E-state index contributed by atoms with van der Waals surface area (Å²) in [6.07, 6.45) is 3.79. The topological polar surface area (TPSA) is 23.8 Å². The van der Waals surface area contributed by atoms with E-state index in [-0.39, 0.29) is 0 Å². The minimum absolute atomic E-state index is 0.575. The van der Waals surface area contributed by atoms with Crippen LogP contribution in [0.2, 0.25) is 5.02 Å². The van der Waals surface area contributed by atoms with Crippen LogP contribution in [0.15, 0.2) is 24.3 Å². The molecule has 0 saturated heterocycles. The molecule has 66 valence electrons. The van der Waals surface area contributed by atoms with Crippen molar-refractivity contribution >= 4 is 30.3 Å². The molecule has 0 heterocycles. The first-order chi connectivity index (χ1) is 6.26. The van der Waals surface area contributed by atoms with Gasteiger partial charge in [-0.2, -0.15) is 17.9 Å². The predicted octanol–water partition coefficient (Wildman–Crippen LogP) is 3.15. The summed E-state index contributed by atoms with van der Waals surface area (Å²) < 4.78 is 0. The van der Waals surface area contributed by atoms with Gasteiger partial charge in [0.2, 0.25) is 0 Å². The van der Waals surface area contributed by atoms with Crippen molar-refractivity contribution in [3.8, 4) is 6.07 Å². The van der Waals surface area contributed by atoms with Crippen LogP contribution >= 0.6 is 24.2 Å². The minimum atomic E-state index is 0.575. The molecule has 0 N–H and O–H groups in total. The van der Waals surface area contributed by atoms with Gasteiger partial charge >= 0.3 is 0 Å². The maximum Gasteiger partial charge on any atom is 0.0992 e. The van der Waals surface area contributed by atoms with Gasteiger partial charge in [0.15, 0.2) is 0 Å². The Bertz CT molecular complexity index is 366. The summed E-state index contributed by atoms with van der Waals surface area (Å²) in [5.41, 5.74) is 1.50. The van der Waals surface area contributed by atoms with E-state index in [2.05, 4.69) is 12.6 Å². The fourth-order valence-electron chi connectivity index (χ4n) is 0.962. The number of benzene rings is 1. The van der Waals surface area contributed by atoms with Crippen molar-refractivity contribution in [2.75, 3.05) is 5.75 Å². The monoisotopic (exact) mass is 209 g/mol. The van der Waals surface area contributed by atoms with Crippen LogP contribution < -0.4 is 0 Å². The Morgan fingerprint density at radius 1 is 1.46 bits per heavy atom. The fraction of sp³-hybridized carbons (Fsp3) is 0.100. The number of halogens is 1. The van der Waals surface area contributed by atoms with Gasteiger partial charge in [-0.05, 0) is 23.8 Å². The largest absolute Gasteiger partial charge is 0.192 e. The van der Waals surface area contributed by atoms with E-state index in [1.807, 2.05) is 24.3 Å². The van der Waals surface area contributed by atoms with E-state index >= 15 is 0 Å². The summed E-state index contributed by atoms with van der Waals surface area (Å²) in [6.45, 7) is 0. The van der Waals surface area contributed by atoms with Crippen LogP contribution in [0, 0.1) is 11.3 Å². The summed E-state index contributed by atoms with van der Waals surface area (Å²) in [5.74, 6) is 0.675.